The van der Waals surface area contributed by atoms with Crippen LogP contribution in [0.5, 0.6) is 5.75 Å². The average Bonchev–Trinajstić information content (AvgIpc) is 2.62. The summed E-state index contributed by atoms with van der Waals surface area (Å²) in [5, 5.41) is 12.3. The summed E-state index contributed by atoms with van der Waals surface area (Å²) >= 11 is 0. The number of aliphatic hydroxyl groups is 1. The Morgan fingerprint density at radius 1 is 1.03 bits per heavy atom. The molecule has 0 amide bonds. The van der Waals surface area contributed by atoms with Crippen LogP contribution in [-0.4, -0.2) is 17.3 Å². The van der Waals surface area contributed by atoms with Gasteiger partial charge in [0, 0.05) is 17.9 Å². The molecule has 0 bridgehead atoms. The van der Waals surface area contributed by atoms with Crippen LogP contribution in [0, 0.1) is 13.8 Å². The summed E-state index contributed by atoms with van der Waals surface area (Å²) in [5.41, 5.74) is 5.93. The molecule has 29 heavy (non-hydrogen) atoms. The van der Waals surface area contributed by atoms with E-state index >= 15 is 0 Å². The zero-order chi connectivity index (χ0) is 21.3. The maximum absolute atomic E-state index is 9.76. The average molecular weight is 393 g/mol. The Bertz CT molecular complexity index is 1020. The Balaban J connectivity index is 2.20. The zero-order valence-corrected chi connectivity index (χ0v) is 18.8. The lowest BCUT2D eigenvalue weighted by Gasteiger charge is -2.20. The molecule has 0 saturated heterocycles. The highest BCUT2D eigenvalue weighted by Gasteiger charge is 2.22. The van der Waals surface area contributed by atoms with E-state index in [1.165, 1.54) is 21.9 Å². The monoisotopic (exact) mass is 392 g/mol. The van der Waals surface area contributed by atoms with Gasteiger partial charge >= 0.3 is 0 Å². The van der Waals surface area contributed by atoms with Gasteiger partial charge in [0.25, 0.3) is 0 Å². The van der Waals surface area contributed by atoms with Crippen LogP contribution in [-0.2, 0) is 7.05 Å². The van der Waals surface area contributed by atoms with Gasteiger partial charge in [0.15, 0.2) is 6.20 Å². The molecule has 2 unspecified atom stereocenters. The van der Waals surface area contributed by atoms with Gasteiger partial charge in [0.05, 0.1) is 17.8 Å². The van der Waals surface area contributed by atoms with Gasteiger partial charge < -0.3 is 9.84 Å². The van der Waals surface area contributed by atoms with Crippen molar-refractivity contribution in [3.05, 3.63) is 59.3 Å². The van der Waals surface area contributed by atoms with E-state index < -0.39 is 0 Å². The normalized spacial score (nSPS) is 13.7. The van der Waals surface area contributed by atoms with Crippen molar-refractivity contribution < 1.29 is 14.4 Å². The van der Waals surface area contributed by atoms with E-state index in [0.717, 1.165) is 22.6 Å². The van der Waals surface area contributed by atoms with E-state index in [1.54, 1.807) is 6.92 Å². The maximum atomic E-state index is 9.76. The van der Waals surface area contributed by atoms with Gasteiger partial charge in [0.1, 0.15) is 12.8 Å². The second-order valence-corrected chi connectivity index (χ2v) is 8.75. The number of hydrogen-bond donors (Lipinski definition) is 1. The van der Waals surface area contributed by atoms with Crippen LogP contribution in [0.3, 0.4) is 0 Å². The molecular weight excluding hydrogens is 358 g/mol. The maximum Gasteiger partial charge on any atom is 0.216 e. The lowest BCUT2D eigenvalue weighted by Crippen LogP contribution is -2.31. The van der Waals surface area contributed by atoms with Gasteiger partial charge in [0.2, 0.25) is 5.69 Å². The van der Waals surface area contributed by atoms with Gasteiger partial charge in [-0.25, -0.2) is 4.57 Å². The van der Waals surface area contributed by atoms with Crippen LogP contribution >= 0.6 is 0 Å². The number of ether oxygens (including phenoxy) is 1. The van der Waals surface area contributed by atoms with Crippen LogP contribution in [0.25, 0.3) is 22.0 Å². The molecular formula is C26H34NO2+. The van der Waals surface area contributed by atoms with Crippen molar-refractivity contribution in [1.29, 1.82) is 0 Å². The lowest BCUT2D eigenvalue weighted by atomic mass is 9.94. The Labute approximate surface area is 175 Å². The smallest absolute Gasteiger partial charge is 0.216 e. The molecule has 0 radical (unpaired) electrons. The van der Waals surface area contributed by atoms with Gasteiger partial charge in [-0.15, -0.1) is 0 Å². The van der Waals surface area contributed by atoms with E-state index in [0.29, 0.717) is 12.3 Å². The highest BCUT2D eigenvalue weighted by Crippen LogP contribution is 2.36. The van der Waals surface area contributed by atoms with E-state index in [9.17, 15) is 5.11 Å². The first-order chi connectivity index (χ1) is 13.7. The van der Waals surface area contributed by atoms with Crippen molar-refractivity contribution in [3.63, 3.8) is 0 Å². The molecule has 0 fully saturated rings. The predicted molar refractivity (Wildman–Crippen MR) is 121 cm³/mol. The molecule has 154 valence electrons. The van der Waals surface area contributed by atoms with Crippen LogP contribution in [0.2, 0.25) is 0 Å². The number of rotatable bonds is 6. The Morgan fingerprint density at radius 3 is 2.41 bits per heavy atom. The number of benzene rings is 2. The molecule has 0 aliphatic rings. The summed E-state index contributed by atoms with van der Waals surface area (Å²) in [7, 11) is 2.09. The van der Waals surface area contributed by atoms with Gasteiger partial charge in [-0.3, -0.25) is 0 Å². The van der Waals surface area contributed by atoms with Gasteiger partial charge in [-0.2, -0.15) is 0 Å². The summed E-state index contributed by atoms with van der Waals surface area (Å²) in [6, 6.07) is 13.2. The Morgan fingerprint density at radius 2 is 1.76 bits per heavy atom. The molecule has 0 aliphatic carbocycles. The van der Waals surface area contributed by atoms with E-state index in [2.05, 4.69) is 81.9 Å². The summed E-state index contributed by atoms with van der Waals surface area (Å²) < 4.78 is 8.56. The SMILES string of the molecule is Cc1cc(C)c(OC(C)CC(C)O)c(-c2cc3c(C(C)C)cccc3c[n+]2C)c1. The van der Waals surface area contributed by atoms with Crippen molar-refractivity contribution >= 4 is 10.8 Å². The molecule has 2 atom stereocenters. The molecule has 3 rings (SSSR count). The molecule has 0 spiro atoms. The van der Waals surface area contributed by atoms with Crippen LogP contribution in [0.4, 0.5) is 0 Å². The van der Waals surface area contributed by atoms with Gasteiger partial charge in [-0.05, 0) is 67.8 Å². The molecule has 1 aromatic heterocycles. The number of pyridine rings is 1. The summed E-state index contributed by atoms with van der Waals surface area (Å²) in [5.74, 6) is 1.36. The summed E-state index contributed by atoms with van der Waals surface area (Å²) in [4.78, 5) is 0. The number of nitrogens with zero attached hydrogens (tertiary/aromatic N) is 1. The highest BCUT2D eigenvalue weighted by atomic mass is 16.5. The highest BCUT2D eigenvalue weighted by molar-refractivity contribution is 5.88. The Kier molecular flexibility index (Phi) is 6.28. The quantitative estimate of drug-likeness (QED) is 0.553. The fourth-order valence-electron chi connectivity index (χ4n) is 4.20. The molecule has 3 aromatic rings. The number of aliphatic hydroxyl groups excluding tert-OH is 1. The first kappa shape index (κ1) is 21.3. The van der Waals surface area contributed by atoms with Crippen molar-refractivity contribution in [2.45, 2.75) is 66.1 Å². The largest absolute Gasteiger partial charge is 0.489 e. The third-order valence-electron chi connectivity index (χ3n) is 5.48. The van der Waals surface area contributed by atoms with E-state index in [4.69, 9.17) is 4.74 Å². The fraction of sp³-hybridized carbons (Fsp3) is 0.423. The predicted octanol–water partition coefficient (Wildman–Crippen LogP) is 5.61. The fourth-order valence-corrected chi connectivity index (χ4v) is 4.20. The third kappa shape index (κ3) is 4.62. The molecule has 1 N–H and O–H groups in total. The van der Waals surface area contributed by atoms with Crippen molar-refractivity contribution in [3.8, 4) is 17.0 Å². The van der Waals surface area contributed by atoms with Crippen molar-refractivity contribution in [1.82, 2.24) is 0 Å². The number of aryl methyl sites for hydroxylation is 3. The minimum atomic E-state index is -0.385. The van der Waals surface area contributed by atoms with E-state index in [1.807, 2.05) is 6.92 Å². The molecule has 3 nitrogen and oxygen atoms in total. The molecule has 2 aromatic carbocycles. The minimum absolute atomic E-state index is 0.0628. The molecule has 1 heterocycles. The minimum Gasteiger partial charge on any atom is -0.489 e. The number of fused-ring (bicyclic) bond motifs is 1. The first-order valence-electron chi connectivity index (χ1n) is 10.6. The molecule has 0 saturated carbocycles. The zero-order valence-electron chi connectivity index (χ0n) is 18.8. The summed E-state index contributed by atoms with van der Waals surface area (Å²) in [6.07, 6.45) is 2.36. The van der Waals surface area contributed by atoms with Crippen LogP contribution in [0.1, 0.15) is 56.7 Å². The number of aromatic nitrogens is 1. The van der Waals surface area contributed by atoms with Crippen LogP contribution < -0.4 is 9.30 Å². The van der Waals surface area contributed by atoms with E-state index in [-0.39, 0.29) is 12.2 Å². The second kappa shape index (κ2) is 8.54. The molecule has 3 heteroatoms. The van der Waals surface area contributed by atoms with Crippen molar-refractivity contribution in [2.75, 3.05) is 0 Å². The van der Waals surface area contributed by atoms with Gasteiger partial charge in [-0.1, -0.05) is 32.0 Å². The van der Waals surface area contributed by atoms with Crippen LogP contribution in [0.15, 0.2) is 42.6 Å². The lowest BCUT2D eigenvalue weighted by molar-refractivity contribution is -0.659. The topological polar surface area (TPSA) is 33.3 Å². The summed E-state index contributed by atoms with van der Waals surface area (Å²) in [6.45, 7) is 12.5. The number of hydrogen-bond acceptors (Lipinski definition) is 2. The first-order valence-corrected chi connectivity index (χ1v) is 10.6. The standard InChI is InChI=1S/C26H34NO2/c1-16(2)22-10-8-9-21-15-27(7)25(14-23(21)22)24-12-17(3)11-18(4)26(24)29-20(6)13-19(5)28/h8-12,14-16,19-20,28H,13H2,1-7H3/q+1. The van der Waals surface area contributed by atoms with Crippen molar-refractivity contribution in [2.24, 2.45) is 7.05 Å². The third-order valence-corrected chi connectivity index (χ3v) is 5.48. The molecule has 0 aliphatic heterocycles. The second-order valence-electron chi connectivity index (χ2n) is 8.75. The Hall–Kier alpha value is -2.39.